The molecule has 0 bridgehead atoms. The molecule has 0 saturated carbocycles. The van der Waals surface area contributed by atoms with Crippen LogP contribution in [0.2, 0.25) is 0 Å². The van der Waals surface area contributed by atoms with E-state index in [1.54, 1.807) is 7.11 Å². The Bertz CT molecular complexity index is 926. The Balaban J connectivity index is 1.79. The maximum atomic E-state index is 13.2. The van der Waals surface area contributed by atoms with Gasteiger partial charge in [0.2, 0.25) is 0 Å². The zero-order valence-corrected chi connectivity index (χ0v) is 17.3. The lowest BCUT2D eigenvalue weighted by Crippen LogP contribution is -2.88. The third-order valence-corrected chi connectivity index (χ3v) is 5.15. The van der Waals surface area contributed by atoms with Crippen LogP contribution in [0.3, 0.4) is 0 Å². The van der Waals surface area contributed by atoms with Crippen molar-refractivity contribution in [3.8, 4) is 5.75 Å². The fraction of sp³-hybridized carbons (Fsp3) is 0.240. The third kappa shape index (κ3) is 5.46. The normalized spacial score (nSPS) is 12.8. The molecule has 4 heteroatoms. The Labute approximate surface area is 172 Å². The summed E-state index contributed by atoms with van der Waals surface area (Å²) >= 11 is 0. The van der Waals surface area contributed by atoms with E-state index in [9.17, 15) is 4.79 Å². The second-order valence-electron chi connectivity index (χ2n) is 7.36. The predicted molar refractivity (Wildman–Crippen MR) is 117 cm³/mol. The van der Waals surface area contributed by atoms with Crippen LogP contribution in [-0.4, -0.2) is 19.6 Å². The van der Waals surface area contributed by atoms with E-state index in [-0.39, 0.29) is 11.9 Å². The number of nitrogens with one attached hydrogen (secondary N) is 1. The molecule has 0 aromatic heterocycles. The van der Waals surface area contributed by atoms with Crippen LogP contribution in [-0.2, 0) is 4.79 Å². The van der Waals surface area contributed by atoms with Crippen LogP contribution in [0.25, 0.3) is 0 Å². The second-order valence-corrected chi connectivity index (χ2v) is 7.36. The van der Waals surface area contributed by atoms with Crippen molar-refractivity contribution in [1.29, 1.82) is 0 Å². The largest absolute Gasteiger partial charge is 0.495 e. The summed E-state index contributed by atoms with van der Waals surface area (Å²) in [5, 5.41) is 5.18. The van der Waals surface area contributed by atoms with Gasteiger partial charge in [-0.15, -0.1) is 0 Å². The molecule has 0 radical (unpaired) electrons. The summed E-state index contributed by atoms with van der Waals surface area (Å²) in [7, 11) is 1.61. The van der Waals surface area contributed by atoms with Crippen LogP contribution in [0.5, 0.6) is 5.75 Å². The van der Waals surface area contributed by atoms with E-state index < -0.39 is 0 Å². The topological polar surface area (TPSA) is 54.9 Å². The summed E-state index contributed by atoms with van der Waals surface area (Å²) in [4.78, 5) is 13.2. The molecule has 0 fully saturated rings. The number of carbonyl (C=O) groups is 1. The van der Waals surface area contributed by atoms with Crippen LogP contribution in [0, 0.1) is 6.92 Å². The second kappa shape index (κ2) is 9.89. The van der Waals surface area contributed by atoms with E-state index in [0.717, 1.165) is 17.7 Å². The smallest absolute Gasteiger partial charge is 0.287 e. The van der Waals surface area contributed by atoms with Crippen LogP contribution >= 0.6 is 0 Å². The number of carbonyl (C=O) groups excluding carboxylic acids is 1. The van der Waals surface area contributed by atoms with E-state index in [1.165, 1.54) is 5.56 Å². The lowest BCUT2D eigenvalue weighted by molar-refractivity contribution is -0.684. The van der Waals surface area contributed by atoms with E-state index in [4.69, 9.17) is 4.74 Å². The summed E-state index contributed by atoms with van der Waals surface area (Å²) in [6.07, 6.45) is 0. The Kier molecular flexibility index (Phi) is 7.04. The summed E-state index contributed by atoms with van der Waals surface area (Å²) in [5.74, 6) is 0.942. The SMILES string of the molecule is COc1ccc(C)cc1NC(=O)[C@@H]([NH2+]C[C@H](C)c1ccccc1)c1ccccc1. The van der Waals surface area contributed by atoms with Crippen molar-refractivity contribution < 1.29 is 14.8 Å². The molecule has 0 aliphatic heterocycles. The zero-order valence-electron chi connectivity index (χ0n) is 17.3. The van der Waals surface area contributed by atoms with Crippen molar-refractivity contribution in [3.63, 3.8) is 0 Å². The van der Waals surface area contributed by atoms with Crippen molar-refractivity contribution in [3.05, 3.63) is 95.6 Å². The van der Waals surface area contributed by atoms with Gasteiger partial charge < -0.3 is 15.4 Å². The van der Waals surface area contributed by atoms with Gasteiger partial charge in [-0.2, -0.15) is 0 Å². The van der Waals surface area contributed by atoms with Crippen molar-refractivity contribution in [2.24, 2.45) is 0 Å². The van der Waals surface area contributed by atoms with Crippen molar-refractivity contribution >= 4 is 11.6 Å². The maximum absolute atomic E-state index is 13.2. The first kappa shape index (κ1) is 20.6. The number of methoxy groups -OCH3 is 1. The fourth-order valence-corrected chi connectivity index (χ4v) is 3.44. The number of ether oxygens (including phenoxy) is 1. The van der Waals surface area contributed by atoms with E-state index in [0.29, 0.717) is 17.4 Å². The molecule has 0 aliphatic rings. The van der Waals surface area contributed by atoms with Gasteiger partial charge in [0, 0.05) is 11.5 Å². The quantitative estimate of drug-likeness (QED) is 0.611. The molecule has 150 valence electrons. The Morgan fingerprint density at radius 1 is 0.966 bits per heavy atom. The molecule has 0 unspecified atom stereocenters. The van der Waals surface area contributed by atoms with Gasteiger partial charge in [0.25, 0.3) is 5.91 Å². The van der Waals surface area contributed by atoms with Crippen molar-refractivity contribution in [2.45, 2.75) is 25.8 Å². The summed E-state index contributed by atoms with van der Waals surface area (Å²) in [6, 6.07) is 25.7. The maximum Gasteiger partial charge on any atom is 0.287 e. The van der Waals surface area contributed by atoms with Crippen LogP contribution in [0.1, 0.15) is 35.6 Å². The van der Waals surface area contributed by atoms with Gasteiger partial charge in [0.15, 0.2) is 6.04 Å². The van der Waals surface area contributed by atoms with E-state index >= 15 is 0 Å². The molecular formula is C25H29N2O2+. The summed E-state index contributed by atoms with van der Waals surface area (Å²) in [6.45, 7) is 4.99. The summed E-state index contributed by atoms with van der Waals surface area (Å²) in [5.41, 5.74) is 4.02. The number of hydrogen-bond donors (Lipinski definition) is 2. The number of amides is 1. The minimum absolute atomic E-state index is 0.0552. The number of aryl methyl sites for hydroxylation is 1. The lowest BCUT2D eigenvalue weighted by atomic mass is 9.99. The standard InChI is InChI=1S/C25H28N2O2/c1-18-14-15-23(29-3)22(16-18)27-25(28)24(21-12-8-5-9-13-21)26-17-19(2)20-10-6-4-7-11-20/h4-16,19,24,26H,17H2,1-3H3,(H,27,28)/p+1/t19-,24-/m0/s1. The first-order valence-electron chi connectivity index (χ1n) is 9.97. The molecule has 29 heavy (non-hydrogen) atoms. The van der Waals surface area contributed by atoms with Gasteiger partial charge in [0.05, 0.1) is 19.3 Å². The highest BCUT2D eigenvalue weighted by Crippen LogP contribution is 2.26. The molecular weight excluding hydrogens is 360 g/mol. The molecule has 3 aromatic carbocycles. The number of hydrogen-bond acceptors (Lipinski definition) is 2. The molecule has 1 amide bonds. The number of anilines is 1. The van der Waals surface area contributed by atoms with Crippen LogP contribution in [0.15, 0.2) is 78.9 Å². The van der Waals surface area contributed by atoms with Crippen molar-refractivity contribution in [1.82, 2.24) is 0 Å². The number of rotatable bonds is 8. The van der Waals surface area contributed by atoms with Gasteiger partial charge in [-0.3, -0.25) is 4.79 Å². The molecule has 3 rings (SSSR count). The highest BCUT2D eigenvalue weighted by atomic mass is 16.5. The molecule has 0 aliphatic carbocycles. The highest BCUT2D eigenvalue weighted by Gasteiger charge is 2.26. The first-order chi connectivity index (χ1) is 14.1. The van der Waals surface area contributed by atoms with Crippen molar-refractivity contribution in [2.75, 3.05) is 19.0 Å². The van der Waals surface area contributed by atoms with E-state index in [2.05, 4.69) is 41.8 Å². The molecule has 0 heterocycles. The number of quaternary nitrogens is 1. The molecule has 3 N–H and O–H groups in total. The van der Waals surface area contributed by atoms with Gasteiger partial charge in [-0.1, -0.05) is 73.7 Å². The Hall–Kier alpha value is -3.11. The molecule has 4 nitrogen and oxygen atoms in total. The predicted octanol–water partition coefficient (Wildman–Crippen LogP) is 4.05. The van der Waals surface area contributed by atoms with E-state index in [1.807, 2.05) is 61.5 Å². The highest BCUT2D eigenvalue weighted by molar-refractivity contribution is 5.95. The lowest BCUT2D eigenvalue weighted by Gasteiger charge is -2.19. The van der Waals surface area contributed by atoms with Gasteiger partial charge in [0.1, 0.15) is 5.75 Å². The molecule has 0 saturated heterocycles. The first-order valence-corrected chi connectivity index (χ1v) is 9.97. The van der Waals surface area contributed by atoms with Gasteiger partial charge >= 0.3 is 0 Å². The van der Waals surface area contributed by atoms with Gasteiger partial charge in [-0.05, 0) is 30.2 Å². The zero-order chi connectivity index (χ0) is 20.6. The van der Waals surface area contributed by atoms with Gasteiger partial charge in [-0.25, -0.2) is 0 Å². The Morgan fingerprint density at radius 3 is 2.21 bits per heavy atom. The molecule has 0 spiro atoms. The average Bonchev–Trinajstić information content (AvgIpc) is 2.75. The minimum Gasteiger partial charge on any atom is -0.495 e. The average molecular weight is 390 g/mol. The molecule has 2 atom stereocenters. The number of benzene rings is 3. The van der Waals surface area contributed by atoms with Crippen LogP contribution in [0.4, 0.5) is 5.69 Å². The molecule has 3 aromatic rings. The Morgan fingerprint density at radius 2 is 1.59 bits per heavy atom. The monoisotopic (exact) mass is 389 g/mol. The summed E-state index contributed by atoms with van der Waals surface area (Å²) < 4.78 is 5.42. The minimum atomic E-state index is -0.340. The number of nitrogens with two attached hydrogens (primary N) is 1. The van der Waals surface area contributed by atoms with Crippen LogP contribution < -0.4 is 15.4 Å². The fourth-order valence-electron chi connectivity index (χ4n) is 3.44. The third-order valence-electron chi connectivity index (χ3n) is 5.15.